The van der Waals surface area contributed by atoms with Gasteiger partial charge in [-0.05, 0) is 24.5 Å². The lowest BCUT2D eigenvalue weighted by molar-refractivity contribution is -0.137. The third-order valence-electron chi connectivity index (χ3n) is 7.22. The molecule has 3 rings (SSSR count). The molecule has 1 aliphatic heterocycles. The number of carboxylic acid groups (broad SMARTS) is 1. The minimum Gasteiger partial charge on any atom is -0.493 e. The van der Waals surface area contributed by atoms with E-state index in [9.17, 15) is 4.79 Å². The fourth-order valence-electron chi connectivity index (χ4n) is 5.02. The Labute approximate surface area is 253 Å². The van der Waals surface area contributed by atoms with E-state index >= 15 is 0 Å². The van der Waals surface area contributed by atoms with Gasteiger partial charge in [0.05, 0.1) is 20.8 Å². The van der Waals surface area contributed by atoms with Crippen LogP contribution in [0.2, 0.25) is 0 Å². The van der Waals surface area contributed by atoms with Crippen LogP contribution in [-0.2, 0) is 17.9 Å². The van der Waals surface area contributed by atoms with Gasteiger partial charge >= 0.3 is 5.97 Å². The van der Waals surface area contributed by atoms with Crippen molar-refractivity contribution < 1.29 is 24.1 Å². The summed E-state index contributed by atoms with van der Waals surface area (Å²) in [5.41, 5.74) is 2.51. The number of rotatable bonds is 18. The molecule has 1 fully saturated rings. The second kappa shape index (κ2) is 20.7. The zero-order valence-electron chi connectivity index (χ0n) is 24.1. The Morgan fingerprint density at radius 3 is 1.88 bits per heavy atom. The lowest BCUT2D eigenvalue weighted by atomic mass is 10.1. The highest BCUT2D eigenvalue weighted by molar-refractivity contribution is 5.85. The van der Waals surface area contributed by atoms with Gasteiger partial charge in [-0.25, -0.2) is 0 Å². The Balaban J connectivity index is 0.00000400. The van der Waals surface area contributed by atoms with E-state index in [0.29, 0.717) is 18.1 Å². The maximum absolute atomic E-state index is 10.6. The summed E-state index contributed by atoms with van der Waals surface area (Å²) in [5, 5.41) is 8.70. The third-order valence-corrected chi connectivity index (χ3v) is 7.22. The SMILES string of the molecule is COc1ccc(CN2CCN(Cc3ccccc3)CC2)c(OCCCCCCCCCCC(=O)O)c1OC.Cl.Cl. The summed E-state index contributed by atoms with van der Waals surface area (Å²) in [7, 11) is 3.34. The van der Waals surface area contributed by atoms with E-state index in [1.54, 1.807) is 14.2 Å². The zero-order chi connectivity index (χ0) is 27.0. The molecule has 9 heteroatoms. The van der Waals surface area contributed by atoms with Crippen LogP contribution in [0.4, 0.5) is 0 Å². The van der Waals surface area contributed by atoms with E-state index in [-0.39, 0.29) is 31.2 Å². The first-order chi connectivity index (χ1) is 18.6. The molecule has 0 atom stereocenters. The summed E-state index contributed by atoms with van der Waals surface area (Å²) in [6.07, 6.45) is 8.87. The maximum Gasteiger partial charge on any atom is 0.303 e. The molecule has 0 unspecified atom stereocenters. The van der Waals surface area contributed by atoms with Crippen molar-refractivity contribution in [3.63, 3.8) is 0 Å². The molecule has 0 aliphatic carbocycles. The van der Waals surface area contributed by atoms with Crippen LogP contribution in [0.25, 0.3) is 0 Å². The molecular weight excluding hydrogens is 551 g/mol. The molecule has 2 aromatic rings. The summed E-state index contributed by atoms with van der Waals surface area (Å²) in [5.74, 6) is 1.48. The first kappa shape index (κ1) is 35.8. The zero-order valence-corrected chi connectivity index (χ0v) is 25.8. The second-order valence-electron chi connectivity index (χ2n) is 10.1. The fraction of sp³-hybridized carbons (Fsp3) is 0.581. The molecule has 1 heterocycles. The van der Waals surface area contributed by atoms with Crippen LogP contribution in [0.15, 0.2) is 42.5 Å². The largest absolute Gasteiger partial charge is 0.493 e. The minimum atomic E-state index is -0.692. The number of hydrogen-bond acceptors (Lipinski definition) is 6. The van der Waals surface area contributed by atoms with Crippen LogP contribution in [0.1, 0.15) is 68.9 Å². The van der Waals surface area contributed by atoms with E-state index < -0.39 is 5.97 Å². The monoisotopic (exact) mass is 598 g/mol. The van der Waals surface area contributed by atoms with Gasteiger partial charge < -0.3 is 19.3 Å². The molecule has 0 amide bonds. The van der Waals surface area contributed by atoms with Gasteiger partial charge in [0.2, 0.25) is 5.75 Å². The van der Waals surface area contributed by atoms with Crippen molar-refractivity contribution in [2.45, 2.75) is 70.9 Å². The van der Waals surface area contributed by atoms with Crippen LogP contribution in [0, 0.1) is 0 Å². The van der Waals surface area contributed by atoms with Gasteiger partial charge in [0.1, 0.15) is 0 Å². The van der Waals surface area contributed by atoms with Crippen molar-refractivity contribution in [2.24, 2.45) is 0 Å². The summed E-state index contributed by atoms with van der Waals surface area (Å²) >= 11 is 0. The molecule has 0 spiro atoms. The van der Waals surface area contributed by atoms with Gasteiger partial charge in [-0.2, -0.15) is 0 Å². The highest BCUT2D eigenvalue weighted by atomic mass is 35.5. The van der Waals surface area contributed by atoms with Gasteiger partial charge in [0.15, 0.2) is 11.5 Å². The first-order valence-electron chi connectivity index (χ1n) is 14.2. The van der Waals surface area contributed by atoms with E-state index in [1.165, 1.54) is 24.8 Å². The van der Waals surface area contributed by atoms with Crippen molar-refractivity contribution in [3.05, 3.63) is 53.6 Å². The number of hydrogen-bond donors (Lipinski definition) is 1. The van der Waals surface area contributed by atoms with Crippen molar-refractivity contribution in [1.29, 1.82) is 0 Å². The highest BCUT2D eigenvalue weighted by Crippen LogP contribution is 2.40. The molecule has 0 bridgehead atoms. The molecule has 7 nitrogen and oxygen atoms in total. The van der Waals surface area contributed by atoms with E-state index in [1.807, 2.05) is 6.07 Å². The average Bonchev–Trinajstić information content (AvgIpc) is 2.93. The maximum atomic E-state index is 10.6. The molecule has 1 saturated heterocycles. The topological polar surface area (TPSA) is 71.5 Å². The molecular formula is C31H48Cl2N2O5. The summed E-state index contributed by atoms with van der Waals surface area (Å²) < 4.78 is 17.6. The van der Waals surface area contributed by atoms with E-state index in [2.05, 4.69) is 46.2 Å². The average molecular weight is 600 g/mol. The standard InChI is InChI=1S/C31H46N2O5.2ClH/c1-36-28-18-17-27(25-33-21-19-32(20-22-33)24-26-14-10-9-11-15-26)30(31(28)37-2)38-23-13-8-6-4-3-5-7-12-16-29(34)35;;/h9-11,14-15,17-18H,3-8,12-13,16,19-25H2,1-2H3,(H,34,35);2*1H. The lowest BCUT2D eigenvalue weighted by Gasteiger charge is -2.35. The third kappa shape index (κ3) is 12.5. The summed E-state index contributed by atoms with van der Waals surface area (Å²) in [6, 6.07) is 14.8. The van der Waals surface area contributed by atoms with Crippen LogP contribution in [0.5, 0.6) is 17.2 Å². The number of nitrogens with zero attached hydrogens (tertiary/aromatic N) is 2. The van der Waals surface area contributed by atoms with Gasteiger partial charge in [-0.15, -0.1) is 24.8 Å². The lowest BCUT2D eigenvalue weighted by Crippen LogP contribution is -2.45. The number of piperazine rings is 1. The Kier molecular flexibility index (Phi) is 18.5. The molecule has 40 heavy (non-hydrogen) atoms. The van der Waals surface area contributed by atoms with E-state index in [4.69, 9.17) is 19.3 Å². The number of carboxylic acids is 1. The second-order valence-corrected chi connectivity index (χ2v) is 10.1. The van der Waals surface area contributed by atoms with Crippen LogP contribution in [0.3, 0.4) is 0 Å². The molecule has 0 aromatic heterocycles. The number of unbranched alkanes of at least 4 members (excludes halogenated alkanes) is 7. The quantitative estimate of drug-likeness (QED) is 0.188. The van der Waals surface area contributed by atoms with E-state index in [0.717, 1.165) is 82.7 Å². The number of aliphatic carboxylic acids is 1. The Bertz CT molecular complexity index is 956. The van der Waals surface area contributed by atoms with Crippen molar-refractivity contribution in [3.8, 4) is 17.2 Å². The Morgan fingerprint density at radius 2 is 1.30 bits per heavy atom. The minimum absolute atomic E-state index is 0. The fourth-order valence-corrected chi connectivity index (χ4v) is 5.02. The van der Waals surface area contributed by atoms with Crippen LogP contribution in [-0.4, -0.2) is 67.9 Å². The van der Waals surface area contributed by atoms with Gasteiger partial charge in [-0.1, -0.05) is 74.9 Å². The van der Waals surface area contributed by atoms with Gasteiger partial charge in [0, 0.05) is 51.3 Å². The smallest absolute Gasteiger partial charge is 0.303 e. The molecule has 1 aliphatic rings. The van der Waals surface area contributed by atoms with Crippen LogP contribution < -0.4 is 14.2 Å². The molecule has 1 N–H and O–H groups in total. The number of methoxy groups -OCH3 is 2. The predicted molar refractivity (Wildman–Crippen MR) is 166 cm³/mol. The predicted octanol–water partition coefficient (Wildman–Crippen LogP) is 6.84. The number of carbonyl (C=O) groups is 1. The summed E-state index contributed by atoms with van der Waals surface area (Å²) in [6.45, 7) is 6.64. The Hall–Kier alpha value is -2.19. The first-order valence-corrected chi connectivity index (χ1v) is 14.2. The van der Waals surface area contributed by atoms with Crippen molar-refractivity contribution >= 4 is 30.8 Å². The summed E-state index contributed by atoms with van der Waals surface area (Å²) in [4.78, 5) is 15.6. The number of ether oxygens (including phenoxy) is 3. The number of halogens is 2. The van der Waals surface area contributed by atoms with Gasteiger partial charge in [0.25, 0.3) is 0 Å². The molecule has 0 saturated carbocycles. The molecule has 226 valence electrons. The van der Waals surface area contributed by atoms with Crippen LogP contribution >= 0.6 is 24.8 Å². The number of benzene rings is 2. The Morgan fingerprint density at radius 1 is 0.725 bits per heavy atom. The molecule has 2 aromatic carbocycles. The van der Waals surface area contributed by atoms with Crippen molar-refractivity contribution in [2.75, 3.05) is 47.0 Å². The normalized spacial score (nSPS) is 13.7. The van der Waals surface area contributed by atoms with Crippen molar-refractivity contribution in [1.82, 2.24) is 9.80 Å². The molecule has 0 radical (unpaired) electrons. The van der Waals surface area contributed by atoms with Gasteiger partial charge in [-0.3, -0.25) is 14.6 Å². The highest BCUT2D eigenvalue weighted by Gasteiger charge is 2.22.